The third kappa shape index (κ3) is 6.19. The van der Waals surface area contributed by atoms with Gasteiger partial charge in [-0.3, -0.25) is 14.0 Å². The predicted octanol–water partition coefficient (Wildman–Crippen LogP) is 4.74. The molecule has 0 saturated heterocycles. The highest BCUT2D eigenvalue weighted by molar-refractivity contribution is 7.86. The summed E-state index contributed by atoms with van der Waals surface area (Å²) in [5, 5.41) is 4.00. The fourth-order valence-electron chi connectivity index (χ4n) is 2.14. The van der Waals surface area contributed by atoms with Gasteiger partial charge in [0.25, 0.3) is 0 Å². The van der Waals surface area contributed by atoms with Crippen molar-refractivity contribution < 1.29 is 13.4 Å². The molecule has 2 aromatic heterocycles. The Morgan fingerprint density at radius 2 is 2.11 bits per heavy atom. The maximum absolute atomic E-state index is 13.7. The molecule has 0 spiro atoms. The zero-order valence-electron chi connectivity index (χ0n) is 15.3. The number of thiazole rings is 1. The Labute approximate surface area is 174 Å². The van der Waals surface area contributed by atoms with Gasteiger partial charge in [-0.25, -0.2) is 9.37 Å². The summed E-state index contributed by atoms with van der Waals surface area (Å²) < 4.78 is 26.9. The molecule has 2 heterocycles. The molecule has 1 aromatic carbocycles. The van der Waals surface area contributed by atoms with Crippen LogP contribution in [-0.2, 0) is 23.0 Å². The molecular formula is C19H19ClFN3O2S2. The van der Waals surface area contributed by atoms with Gasteiger partial charge >= 0.3 is 0 Å². The number of aldehydes is 1. The van der Waals surface area contributed by atoms with E-state index in [9.17, 15) is 13.4 Å². The number of pyridine rings is 1. The zero-order valence-corrected chi connectivity index (χ0v) is 17.7. The molecule has 9 heteroatoms. The minimum Gasteiger partial charge on any atom is -0.365 e. The number of halogens is 2. The summed E-state index contributed by atoms with van der Waals surface area (Å²) in [6, 6.07) is 9.61. The van der Waals surface area contributed by atoms with Gasteiger partial charge in [0, 0.05) is 23.8 Å². The van der Waals surface area contributed by atoms with Gasteiger partial charge in [0.15, 0.2) is 11.4 Å². The van der Waals surface area contributed by atoms with Gasteiger partial charge in [0.2, 0.25) is 0 Å². The van der Waals surface area contributed by atoms with Crippen LogP contribution in [0.5, 0.6) is 0 Å². The van der Waals surface area contributed by atoms with Crippen molar-refractivity contribution in [3.05, 3.63) is 70.4 Å². The van der Waals surface area contributed by atoms with E-state index in [0.717, 1.165) is 17.1 Å². The van der Waals surface area contributed by atoms with Crippen molar-refractivity contribution in [2.75, 3.05) is 12.4 Å². The number of rotatable bonds is 6. The van der Waals surface area contributed by atoms with Crippen molar-refractivity contribution in [1.29, 1.82) is 0 Å². The Bertz CT molecular complexity index is 952. The fourth-order valence-corrected chi connectivity index (χ4v) is 4.92. The molecule has 5 nitrogen and oxygen atoms in total. The number of aromatic nitrogens is 2. The lowest BCUT2D eigenvalue weighted by Crippen LogP contribution is -2.00. The van der Waals surface area contributed by atoms with E-state index in [0.29, 0.717) is 26.9 Å². The van der Waals surface area contributed by atoms with E-state index in [4.69, 9.17) is 11.6 Å². The number of aryl methyl sites for hydroxylation is 1. The van der Waals surface area contributed by atoms with Crippen LogP contribution in [0.2, 0.25) is 5.02 Å². The van der Waals surface area contributed by atoms with Crippen molar-refractivity contribution >= 4 is 45.2 Å². The molecule has 0 aliphatic carbocycles. The first-order valence-electron chi connectivity index (χ1n) is 8.34. The Morgan fingerprint density at radius 1 is 1.32 bits per heavy atom. The van der Waals surface area contributed by atoms with E-state index >= 15 is 0 Å². The number of anilines is 1. The van der Waals surface area contributed by atoms with E-state index in [1.807, 2.05) is 6.92 Å². The molecule has 1 N–H and O–H groups in total. The van der Waals surface area contributed by atoms with Gasteiger partial charge < -0.3 is 5.32 Å². The number of hydrogen-bond donors (Lipinski definition) is 1. The molecule has 3 rings (SSSR count). The lowest BCUT2D eigenvalue weighted by molar-refractivity contribution is 0.111. The normalized spacial score (nSPS) is 11.3. The second-order valence-corrected chi connectivity index (χ2v) is 8.54. The Balaban J connectivity index is 0.000000292. The second-order valence-electron chi connectivity index (χ2n) is 5.45. The van der Waals surface area contributed by atoms with Gasteiger partial charge in [-0.05, 0) is 30.7 Å². The summed E-state index contributed by atoms with van der Waals surface area (Å²) in [4.78, 5) is 18.0. The third-order valence-electron chi connectivity index (χ3n) is 3.53. The molecule has 0 bridgehead atoms. The molecule has 1 unspecified atom stereocenters. The average Bonchev–Trinajstić information content (AvgIpc) is 3.15. The summed E-state index contributed by atoms with van der Waals surface area (Å²) in [5.41, 5.74) is 1.67. The van der Waals surface area contributed by atoms with Crippen LogP contribution in [-0.4, -0.2) is 27.5 Å². The summed E-state index contributed by atoms with van der Waals surface area (Å²) in [6.45, 7) is 1.96. The lowest BCUT2D eigenvalue weighted by Gasteiger charge is -2.03. The van der Waals surface area contributed by atoms with Gasteiger partial charge in [-0.15, -0.1) is 0 Å². The zero-order chi connectivity index (χ0) is 20.5. The molecule has 148 valence electrons. The van der Waals surface area contributed by atoms with Crippen LogP contribution in [0.25, 0.3) is 0 Å². The third-order valence-corrected chi connectivity index (χ3v) is 6.70. The van der Waals surface area contributed by atoms with E-state index < -0.39 is 16.6 Å². The summed E-state index contributed by atoms with van der Waals surface area (Å²) >= 11 is 7.06. The summed E-state index contributed by atoms with van der Waals surface area (Å²) in [6.07, 6.45) is 3.01. The van der Waals surface area contributed by atoms with Gasteiger partial charge in [-0.2, -0.15) is 0 Å². The van der Waals surface area contributed by atoms with E-state index in [2.05, 4.69) is 15.3 Å². The topological polar surface area (TPSA) is 72.0 Å². The highest BCUT2D eigenvalue weighted by atomic mass is 35.5. The minimum absolute atomic E-state index is 0.126. The standard InChI is InChI=1S/C13H14ClFN2OS2.C6H5NO/c1-3-11-12(19-13(16-2)17-11)20(18)7-8-4-5-9(14)6-10(8)15;8-5-6-3-1-2-4-7-6/h4-6H,3,7H2,1-2H3,(H,16,17);1-5H. The number of nitrogens with zero attached hydrogens (tertiary/aromatic N) is 2. The molecule has 0 amide bonds. The lowest BCUT2D eigenvalue weighted by atomic mass is 10.2. The number of carbonyl (C=O) groups excluding carboxylic acids is 1. The maximum Gasteiger partial charge on any atom is 0.183 e. The first-order valence-corrected chi connectivity index (χ1v) is 10.9. The molecule has 3 aromatic rings. The van der Waals surface area contributed by atoms with Gasteiger partial charge in [0.05, 0.1) is 22.2 Å². The van der Waals surface area contributed by atoms with Crippen LogP contribution >= 0.6 is 22.9 Å². The Hall–Kier alpha value is -2.16. The average molecular weight is 440 g/mol. The van der Waals surface area contributed by atoms with Crippen LogP contribution < -0.4 is 5.32 Å². The van der Waals surface area contributed by atoms with Gasteiger partial charge in [-0.1, -0.05) is 42.0 Å². The fraction of sp³-hybridized carbons (Fsp3) is 0.211. The number of hydrogen-bond acceptors (Lipinski definition) is 6. The quantitative estimate of drug-likeness (QED) is 0.561. The van der Waals surface area contributed by atoms with Crippen molar-refractivity contribution in [3.63, 3.8) is 0 Å². The second kappa shape index (κ2) is 11.0. The first kappa shape index (κ1) is 22.1. The van der Waals surface area contributed by atoms with Crippen LogP contribution in [0.3, 0.4) is 0 Å². The summed E-state index contributed by atoms with van der Waals surface area (Å²) in [5.74, 6) is -0.302. The molecular weight excluding hydrogens is 421 g/mol. The monoisotopic (exact) mass is 439 g/mol. The molecule has 28 heavy (non-hydrogen) atoms. The largest absolute Gasteiger partial charge is 0.365 e. The van der Waals surface area contributed by atoms with E-state index in [-0.39, 0.29) is 5.75 Å². The first-order chi connectivity index (χ1) is 13.5. The van der Waals surface area contributed by atoms with Gasteiger partial charge in [0.1, 0.15) is 15.7 Å². The number of benzene rings is 1. The van der Waals surface area contributed by atoms with Crippen molar-refractivity contribution in [2.24, 2.45) is 0 Å². The number of nitrogens with one attached hydrogen (secondary N) is 1. The van der Waals surface area contributed by atoms with Crippen molar-refractivity contribution in [1.82, 2.24) is 9.97 Å². The molecule has 1 atom stereocenters. The van der Waals surface area contributed by atoms with E-state index in [1.54, 1.807) is 43.6 Å². The Kier molecular flexibility index (Phi) is 8.69. The molecule has 0 radical (unpaired) electrons. The van der Waals surface area contributed by atoms with E-state index in [1.165, 1.54) is 17.4 Å². The minimum atomic E-state index is -1.31. The van der Waals surface area contributed by atoms with Crippen LogP contribution in [0.1, 0.15) is 28.7 Å². The van der Waals surface area contributed by atoms with Crippen molar-refractivity contribution in [3.8, 4) is 0 Å². The molecule has 0 aliphatic rings. The number of carbonyl (C=O) groups is 1. The van der Waals surface area contributed by atoms with Crippen LogP contribution in [0, 0.1) is 5.82 Å². The molecule has 0 saturated carbocycles. The maximum atomic E-state index is 13.7. The van der Waals surface area contributed by atoms with Crippen LogP contribution in [0.4, 0.5) is 9.52 Å². The summed E-state index contributed by atoms with van der Waals surface area (Å²) in [7, 11) is 0.457. The van der Waals surface area contributed by atoms with Crippen molar-refractivity contribution in [2.45, 2.75) is 23.3 Å². The molecule has 0 fully saturated rings. The predicted molar refractivity (Wildman–Crippen MR) is 112 cm³/mol. The molecule has 0 aliphatic heterocycles. The SMILES string of the molecule is CCc1nc(NC)sc1S(=O)Cc1ccc(Cl)cc1F.O=Cc1ccccn1. The Morgan fingerprint density at radius 3 is 2.64 bits per heavy atom. The smallest absolute Gasteiger partial charge is 0.183 e. The van der Waals surface area contributed by atoms with Crippen LogP contribution in [0.15, 0.2) is 46.8 Å². The highest BCUT2D eigenvalue weighted by Crippen LogP contribution is 2.28. The highest BCUT2D eigenvalue weighted by Gasteiger charge is 2.17.